The van der Waals surface area contributed by atoms with Gasteiger partial charge in [0.1, 0.15) is 0 Å². The molecule has 0 bridgehead atoms. The zero-order valence-electron chi connectivity index (χ0n) is 12.7. The van der Waals surface area contributed by atoms with E-state index in [2.05, 4.69) is 20.8 Å². The molecule has 1 aliphatic rings. The van der Waals surface area contributed by atoms with Crippen LogP contribution >= 0.6 is 0 Å². The molecular formula is C16H33NO. The Kier molecular flexibility index (Phi) is 7.92. The first-order valence-corrected chi connectivity index (χ1v) is 8.08. The Morgan fingerprint density at radius 2 is 2.00 bits per heavy atom. The summed E-state index contributed by atoms with van der Waals surface area (Å²) in [6.07, 6.45) is 10.4. The van der Waals surface area contributed by atoms with Crippen molar-refractivity contribution in [2.75, 3.05) is 6.61 Å². The highest BCUT2D eigenvalue weighted by molar-refractivity contribution is 4.83. The number of hydrogen-bond donors (Lipinski definition) is 1. The van der Waals surface area contributed by atoms with Gasteiger partial charge in [-0.15, -0.1) is 0 Å². The van der Waals surface area contributed by atoms with Gasteiger partial charge in [0, 0.05) is 12.6 Å². The molecule has 108 valence electrons. The van der Waals surface area contributed by atoms with Gasteiger partial charge in [0.25, 0.3) is 0 Å². The molecule has 0 heterocycles. The summed E-state index contributed by atoms with van der Waals surface area (Å²) in [5.74, 6) is 1.57. The zero-order valence-corrected chi connectivity index (χ0v) is 12.7. The van der Waals surface area contributed by atoms with Crippen LogP contribution in [0.1, 0.15) is 72.1 Å². The van der Waals surface area contributed by atoms with Gasteiger partial charge in [0.05, 0.1) is 6.10 Å². The second-order valence-electron chi connectivity index (χ2n) is 6.04. The highest BCUT2D eigenvalue weighted by Gasteiger charge is 2.28. The molecule has 0 aromatic heterocycles. The lowest BCUT2D eigenvalue weighted by Crippen LogP contribution is -2.42. The third kappa shape index (κ3) is 5.27. The first-order valence-electron chi connectivity index (χ1n) is 8.08. The van der Waals surface area contributed by atoms with E-state index < -0.39 is 0 Å². The van der Waals surface area contributed by atoms with Crippen LogP contribution in [0.4, 0.5) is 0 Å². The lowest BCUT2D eigenvalue weighted by Gasteiger charge is -2.34. The fraction of sp³-hybridized carbons (Fsp3) is 1.00. The number of hydrogen-bond acceptors (Lipinski definition) is 2. The van der Waals surface area contributed by atoms with Gasteiger partial charge >= 0.3 is 0 Å². The highest BCUT2D eigenvalue weighted by Crippen LogP contribution is 2.28. The minimum absolute atomic E-state index is 0.275. The number of rotatable bonds is 8. The summed E-state index contributed by atoms with van der Waals surface area (Å²) < 4.78 is 6.15. The predicted molar refractivity (Wildman–Crippen MR) is 78.7 cm³/mol. The molecule has 2 N–H and O–H groups in total. The average molecular weight is 255 g/mol. The van der Waals surface area contributed by atoms with Crippen molar-refractivity contribution in [1.82, 2.24) is 0 Å². The third-order valence-corrected chi connectivity index (χ3v) is 4.62. The predicted octanol–water partition coefficient (Wildman–Crippen LogP) is 4.13. The molecule has 0 aromatic carbocycles. The molecule has 0 aliphatic heterocycles. The van der Waals surface area contributed by atoms with E-state index in [-0.39, 0.29) is 6.04 Å². The molecule has 0 aromatic rings. The Morgan fingerprint density at radius 1 is 1.22 bits per heavy atom. The summed E-state index contributed by atoms with van der Waals surface area (Å²) in [6, 6.07) is 0.275. The van der Waals surface area contributed by atoms with Crippen molar-refractivity contribution < 1.29 is 4.74 Å². The van der Waals surface area contributed by atoms with Crippen LogP contribution in [-0.4, -0.2) is 18.8 Å². The SMILES string of the molecule is CCCCC(CC)COC1CC(CC)CCC1N. The summed E-state index contributed by atoms with van der Waals surface area (Å²) in [5.41, 5.74) is 6.20. The Morgan fingerprint density at radius 3 is 2.61 bits per heavy atom. The fourth-order valence-corrected chi connectivity index (χ4v) is 2.96. The first kappa shape index (κ1) is 16.0. The zero-order chi connectivity index (χ0) is 13.4. The van der Waals surface area contributed by atoms with E-state index in [4.69, 9.17) is 10.5 Å². The Hall–Kier alpha value is -0.0800. The van der Waals surface area contributed by atoms with Crippen molar-refractivity contribution in [3.63, 3.8) is 0 Å². The quantitative estimate of drug-likeness (QED) is 0.708. The second-order valence-corrected chi connectivity index (χ2v) is 6.04. The van der Waals surface area contributed by atoms with E-state index in [1.807, 2.05) is 0 Å². The van der Waals surface area contributed by atoms with Gasteiger partial charge in [0.2, 0.25) is 0 Å². The average Bonchev–Trinajstić information content (AvgIpc) is 2.40. The van der Waals surface area contributed by atoms with E-state index >= 15 is 0 Å². The van der Waals surface area contributed by atoms with Gasteiger partial charge in [-0.1, -0.05) is 46.5 Å². The third-order valence-electron chi connectivity index (χ3n) is 4.62. The maximum Gasteiger partial charge on any atom is 0.0728 e. The fourth-order valence-electron chi connectivity index (χ4n) is 2.96. The maximum absolute atomic E-state index is 6.20. The van der Waals surface area contributed by atoms with Crippen LogP contribution in [0.2, 0.25) is 0 Å². The van der Waals surface area contributed by atoms with Crippen molar-refractivity contribution in [3.8, 4) is 0 Å². The van der Waals surface area contributed by atoms with Crippen molar-refractivity contribution in [2.24, 2.45) is 17.6 Å². The van der Waals surface area contributed by atoms with Crippen molar-refractivity contribution >= 4 is 0 Å². The highest BCUT2D eigenvalue weighted by atomic mass is 16.5. The summed E-state index contributed by atoms with van der Waals surface area (Å²) >= 11 is 0. The van der Waals surface area contributed by atoms with Gasteiger partial charge in [-0.25, -0.2) is 0 Å². The van der Waals surface area contributed by atoms with Gasteiger partial charge in [0.15, 0.2) is 0 Å². The normalized spacial score (nSPS) is 30.3. The van der Waals surface area contributed by atoms with Gasteiger partial charge in [-0.05, 0) is 37.5 Å². The molecule has 1 saturated carbocycles. The summed E-state index contributed by atoms with van der Waals surface area (Å²) in [5, 5.41) is 0. The number of ether oxygens (including phenoxy) is 1. The van der Waals surface area contributed by atoms with Crippen molar-refractivity contribution in [1.29, 1.82) is 0 Å². The number of unbranched alkanes of at least 4 members (excludes halogenated alkanes) is 1. The van der Waals surface area contributed by atoms with Gasteiger partial charge in [-0.2, -0.15) is 0 Å². The van der Waals surface area contributed by atoms with Crippen LogP contribution in [0.3, 0.4) is 0 Å². The first-order chi connectivity index (χ1) is 8.71. The molecular weight excluding hydrogens is 222 g/mol. The molecule has 1 fully saturated rings. The monoisotopic (exact) mass is 255 g/mol. The summed E-state index contributed by atoms with van der Waals surface area (Å²) in [7, 11) is 0. The summed E-state index contributed by atoms with van der Waals surface area (Å²) in [6.45, 7) is 7.75. The Balaban J connectivity index is 2.30. The van der Waals surface area contributed by atoms with Crippen LogP contribution in [0, 0.1) is 11.8 Å². The lowest BCUT2D eigenvalue weighted by atomic mass is 9.83. The van der Waals surface area contributed by atoms with Crippen LogP contribution in [-0.2, 0) is 4.74 Å². The van der Waals surface area contributed by atoms with Crippen LogP contribution in [0.25, 0.3) is 0 Å². The van der Waals surface area contributed by atoms with Gasteiger partial charge in [-0.3, -0.25) is 0 Å². The van der Waals surface area contributed by atoms with E-state index in [0.717, 1.165) is 24.9 Å². The topological polar surface area (TPSA) is 35.2 Å². The van der Waals surface area contributed by atoms with Crippen LogP contribution in [0.5, 0.6) is 0 Å². The molecule has 18 heavy (non-hydrogen) atoms. The lowest BCUT2D eigenvalue weighted by molar-refractivity contribution is -0.0194. The smallest absolute Gasteiger partial charge is 0.0728 e. The van der Waals surface area contributed by atoms with E-state index in [1.165, 1.54) is 44.9 Å². The van der Waals surface area contributed by atoms with Crippen molar-refractivity contribution in [2.45, 2.75) is 84.3 Å². The van der Waals surface area contributed by atoms with E-state index in [1.54, 1.807) is 0 Å². The number of nitrogens with two attached hydrogens (primary N) is 1. The molecule has 4 atom stereocenters. The van der Waals surface area contributed by atoms with Gasteiger partial charge < -0.3 is 10.5 Å². The molecule has 1 rings (SSSR count). The second kappa shape index (κ2) is 8.92. The molecule has 2 nitrogen and oxygen atoms in total. The standard InChI is InChI=1S/C16H33NO/c1-4-7-8-14(6-3)12-18-16-11-13(5-2)9-10-15(16)17/h13-16H,4-12,17H2,1-3H3. The molecule has 0 radical (unpaired) electrons. The van der Waals surface area contributed by atoms with Crippen molar-refractivity contribution in [3.05, 3.63) is 0 Å². The van der Waals surface area contributed by atoms with E-state index in [0.29, 0.717) is 6.10 Å². The molecule has 0 amide bonds. The Labute approximate surface area is 114 Å². The molecule has 4 unspecified atom stereocenters. The molecule has 0 spiro atoms. The van der Waals surface area contributed by atoms with Crippen LogP contribution in [0.15, 0.2) is 0 Å². The molecule has 1 aliphatic carbocycles. The summed E-state index contributed by atoms with van der Waals surface area (Å²) in [4.78, 5) is 0. The molecule has 2 heteroatoms. The minimum Gasteiger partial charge on any atom is -0.376 e. The largest absolute Gasteiger partial charge is 0.376 e. The van der Waals surface area contributed by atoms with E-state index in [9.17, 15) is 0 Å². The maximum atomic E-state index is 6.20. The Bertz CT molecular complexity index is 207. The van der Waals surface area contributed by atoms with Crippen LogP contribution < -0.4 is 5.73 Å². The molecule has 0 saturated heterocycles. The minimum atomic E-state index is 0.275.